The highest BCUT2D eigenvalue weighted by atomic mass is 79.9. The SMILES string of the molecule is Cc1cccc(CCNS(=O)(=O)c2ccc(Br)c(C)c2)c1. The molecule has 0 radical (unpaired) electrons. The third-order valence-corrected chi connectivity index (χ3v) is 5.58. The van der Waals surface area contributed by atoms with Gasteiger partial charge < -0.3 is 0 Å². The first-order chi connectivity index (χ1) is 9.88. The van der Waals surface area contributed by atoms with Crippen LogP contribution in [-0.2, 0) is 16.4 Å². The Morgan fingerprint density at radius 1 is 1.10 bits per heavy atom. The summed E-state index contributed by atoms with van der Waals surface area (Å²) in [6.45, 7) is 4.29. The minimum atomic E-state index is -3.45. The summed E-state index contributed by atoms with van der Waals surface area (Å²) in [5.41, 5.74) is 3.21. The summed E-state index contributed by atoms with van der Waals surface area (Å²) in [6, 6.07) is 13.1. The third-order valence-electron chi connectivity index (χ3n) is 3.23. The van der Waals surface area contributed by atoms with Crippen LogP contribution in [0.1, 0.15) is 16.7 Å². The molecule has 1 N–H and O–H groups in total. The molecule has 0 aliphatic carbocycles. The summed E-state index contributed by atoms with van der Waals surface area (Å²) in [5.74, 6) is 0. The Morgan fingerprint density at radius 2 is 1.86 bits per heavy atom. The lowest BCUT2D eigenvalue weighted by Gasteiger charge is -2.08. The Kier molecular flexibility index (Phi) is 5.19. The second kappa shape index (κ2) is 6.73. The number of nitrogens with one attached hydrogen (secondary N) is 1. The number of halogens is 1. The van der Waals surface area contributed by atoms with Gasteiger partial charge in [0, 0.05) is 11.0 Å². The van der Waals surface area contributed by atoms with Crippen LogP contribution in [0.4, 0.5) is 0 Å². The maximum atomic E-state index is 12.2. The molecular weight excluding hydrogens is 350 g/mol. The van der Waals surface area contributed by atoms with E-state index in [9.17, 15) is 8.42 Å². The van der Waals surface area contributed by atoms with Crippen LogP contribution >= 0.6 is 15.9 Å². The fourth-order valence-electron chi connectivity index (χ4n) is 2.07. The van der Waals surface area contributed by atoms with Gasteiger partial charge in [0.05, 0.1) is 4.90 Å². The van der Waals surface area contributed by atoms with Gasteiger partial charge in [-0.3, -0.25) is 0 Å². The molecule has 0 saturated heterocycles. The van der Waals surface area contributed by atoms with Gasteiger partial charge >= 0.3 is 0 Å². The number of sulfonamides is 1. The standard InChI is InChI=1S/C16H18BrNO2S/c1-12-4-3-5-14(10-12)8-9-18-21(19,20)15-6-7-16(17)13(2)11-15/h3-7,10-11,18H,8-9H2,1-2H3. The fraction of sp³-hybridized carbons (Fsp3) is 0.250. The van der Waals surface area contributed by atoms with Crippen molar-refractivity contribution in [3.05, 3.63) is 63.6 Å². The molecule has 0 bridgehead atoms. The summed E-state index contributed by atoms with van der Waals surface area (Å²) in [5, 5.41) is 0. The molecule has 0 unspecified atom stereocenters. The third kappa shape index (κ3) is 4.40. The molecule has 0 saturated carbocycles. The first-order valence-corrected chi connectivity index (χ1v) is 8.97. The lowest BCUT2D eigenvalue weighted by atomic mass is 10.1. The van der Waals surface area contributed by atoms with Gasteiger partial charge in [-0.2, -0.15) is 0 Å². The van der Waals surface area contributed by atoms with E-state index in [1.807, 2.05) is 32.0 Å². The molecule has 0 aliphatic rings. The van der Waals surface area contributed by atoms with Gasteiger partial charge in [-0.05, 0) is 49.6 Å². The molecule has 0 aromatic heterocycles. The molecular formula is C16H18BrNO2S. The molecule has 0 fully saturated rings. The van der Waals surface area contributed by atoms with Crippen LogP contribution in [0.15, 0.2) is 51.8 Å². The van der Waals surface area contributed by atoms with Gasteiger partial charge in [-0.1, -0.05) is 45.8 Å². The first kappa shape index (κ1) is 16.2. The van der Waals surface area contributed by atoms with E-state index >= 15 is 0 Å². The number of hydrogen-bond donors (Lipinski definition) is 1. The number of rotatable bonds is 5. The Balaban J connectivity index is 2.03. The molecule has 2 aromatic carbocycles. The highest BCUT2D eigenvalue weighted by Crippen LogP contribution is 2.19. The van der Waals surface area contributed by atoms with E-state index in [4.69, 9.17) is 0 Å². The Hall–Kier alpha value is -1.17. The van der Waals surface area contributed by atoms with Gasteiger partial charge in [0.1, 0.15) is 0 Å². The molecule has 3 nitrogen and oxygen atoms in total. The molecule has 112 valence electrons. The molecule has 2 rings (SSSR count). The van der Waals surface area contributed by atoms with Gasteiger partial charge in [-0.15, -0.1) is 0 Å². The van der Waals surface area contributed by atoms with Crippen LogP contribution in [0.3, 0.4) is 0 Å². The van der Waals surface area contributed by atoms with Crippen LogP contribution in [0, 0.1) is 13.8 Å². The maximum Gasteiger partial charge on any atom is 0.240 e. The minimum Gasteiger partial charge on any atom is -0.211 e. The van der Waals surface area contributed by atoms with Crippen molar-refractivity contribution in [2.75, 3.05) is 6.54 Å². The first-order valence-electron chi connectivity index (χ1n) is 6.70. The van der Waals surface area contributed by atoms with Gasteiger partial charge in [-0.25, -0.2) is 13.1 Å². The van der Waals surface area contributed by atoms with E-state index in [-0.39, 0.29) is 0 Å². The van der Waals surface area contributed by atoms with Crippen molar-refractivity contribution in [3.63, 3.8) is 0 Å². The quantitative estimate of drug-likeness (QED) is 0.877. The van der Waals surface area contributed by atoms with Crippen molar-refractivity contribution in [2.24, 2.45) is 0 Å². The van der Waals surface area contributed by atoms with Crippen LogP contribution in [0.25, 0.3) is 0 Å². The highest BCUT2D eigenvalue weighted by Gasteiger charge is 2.14. The van der Waals surface area contributed by atoms with Crippen molar-refractivity contribution in [1.82, 2.24) is 4.72 Å². The zero-order chi connectivity index (χ0) is 15.5. The second-order valence-electron chi connectivity index (χ2n) is 5.05. The molecule has 0 amide bonds. The van der Waals surface area contributed by atoms with Gasteiger partial charge in [0.15, 0.2) is 0 Å². The summed E-state index contributed by atoms with van der Waals surface area (Å²) in [4.78, 5) is 0.299. The highest BCUT2D eigenvalue weighted by molar-refractivity contribution is 9.10. The molecule has 0 atom stereocenters. The monoisotopic (exact) mass is 367 g/mol. The normalized spacial score (nSPS) is 11.6. The Bertz CT molecular complexity index is 742. The zero-order valence-electron chi connectivity index (χ0n) is 12.1. The van der Waals surface area contributed by atoms with Crippen molar-refractivity contribution in [3.8, 4) is 0 Å². The lowest BCUT2D eigenvalue weighted by Crippen LogP contribution is -2.26. The minimum absolute atomic E-state index is 0.299. The maximum absolute atomic E-state index is 12.2. The van der Waals surface area contributed by atoms with Crippen molar-refractivity contribution < 1.29 is 8.42 Å². The summed E-state index contributed by atoms with van der Waals surface area (Å²) in [6.07, 6.45) is 0.677. The van der Waals surface area contributed by atoms with E-state index in [1.165, 1.54) is 5.56 Å². The fourth-order valence-corrected chi connectivity index (χ4v) is 3.43. The van der Waals surface area contributed by atoms with Crippen LogP contribution in [0.2, 0.25) is 0 Å². The number of aryl methyl sites for hydroxylation is 2. The Morgan fingerprint density at radius 3 is 2.52 bits per heavy atom. The predicted octanol–water partition coefficient (Wildman–Crippen LogP) is 3.59. The van der Waals surface area contributed by atoms with Crippen LogP contribution in [0.5, 0.6) is 0 Å². The van der Waals surface area contributed by atoms with Gasteiger partial charge in [0.25, 0.3) is 0 Å². The summed E-state index contributed by atoms with van der Waals surface area (Å²) < 4.78 is 28.0. The van der Waals surface area contributed by atoms with Crippen LogP contribution in [-0.4, -0.2) is 15.0 Å². The Labute approximate surface area is 134 Å². The van der Waals surface area contributed by atoms with E-state index in [0.29, 0.717) is 17.9 Å². The summed E-state index contributed by atoms with van der Waals surface area (Å²) >= 11 is 3.37. The largest absolute Gasteiger partial charge is 0.240 e. The number of benzene rings is 2. The van der Waals surface area contributed by atoms with Crippen molar-refractivity contribution >= 4 is 26.0 Å². The van der Waals surface area contributed by atoms with Gasteiger partial charge in [0.2, 0.25) is 10.0 Å². The molecule has 5 heteroatoms. The van der Waals surface area contributed by atoms with E-state index in [2.05, 4.69) is 26.7 Å². The zero-order valence-corrected chi connectivity index (χ0v) is 14.5. The average Bonchev–Trinajstić information content (AvgIpc) is 2.41. The molecule has 21 heavy (non-hydrogen) atoms. The van der Waals surface area contributed by atoms with E-state index in [0.717, 1.165) is 15.6 Å². The summed E-state index contributed by atoms with van der Waals surface area (Å²) in [7, 11) is -3.45. The predicted molar refractivity (Wildman–Crippen MR) is 89.0 cm³/mol. The molecule has 0 aliphatic heterocycles. The van der Waals surface area contributed by atoms with Crippen LogP contribution < -0.4 is 4.72 Å². The lowest BCUT2D eigenvalue weighted by molar-refractivity contribution is 0.581. The molecule has 0 heterocycles. The van der Waals surface area contributed by atoms with Crippen molar-refractivity contribution in [2.45, 2.75) is 25.2 Å². The van der Waals surface area contributed by atoms with E-state index in [1.54, 1.807) is 18.2 Å². The second-order valence-corrected chi connectivity index (χ2v) is 7.67. The average molecular weight is 368 g/mol. The smallest absolute Gasteiger partial charge is 0.211 e. The molecule has 0 spiro atoms. The van der Waals surface area contributed by atoms with E-state index < -0.39 is 10.0 Å². The van der Waals surface area contributed by atoms with Crippen molar-refractivity contribution in [1.29, 1.82) is 0 Å². The molecule has 2 aromatic rings. The number of hydrogen-bond acceptors (Lipinski definition) is 2. The topological polar surface area (TPSA) is 46.2 Å².